The lowest BCUT2D eigenvalue weighted by Gasteiger charge is -2.34. The fraction of sp³-hybridized carbons (Fsp3) is 0.448. The number of aliphatic hydroxyl groups is 1. The molecule has 0 saturated heterocycles. The summed E-state index contributed by atoms with van der Waals surface area (Å²) in [6, 6.07) is 2.81. The first-order chi connectivity index (χ1) is 20.1. The third kappa shape index (κ3) is 6.41. The number of nitrogens with one attached hydrogen (secondary N) is 1. The van der Waals surface area contributed by atoms with Gasteiger partial charge < -0.3 is 15.2 Å². The van der Waals surface area contributed by atoms with E-state index >= 15 is 0 Å². The normalized spacial score (nSPS) is 18.5. The van der Waals surface area contributed by atoms with Crippen molar-refractivity contribution in [3.8, 4) is 5.88 Å². The van der Waals surface area contributed by atoms with Crippen LogP contribution in [-0.4, -0.2) is 76.5 Å². The van der Waals surface area contributed by atoms with E-state index in [2.05, 4.69) is 31.8 Å². The van der Waals surface area contributed by atoms with Crippen LogP contribution in [0, 0.1) is 0 Å². The monoisotopic (exact) mass is 595 g/mol. The molecular formula is C29H37N7O5S. The zero-order valence-electron chi connectivity index (χ0n) is 24.6. The third-order valence-corrected chi connectivity index (χ3v) is 8.98. The molecule has 0 spiro atoms. The van der Waals surface area contributed by atoms with E-state index in [1.807, 2.05) is 13.8 Å². The Balaban J connectivity index is 1.73. The van der Waals surface area contributed by atoms with Crippen LogP contribution in [0.1, 0.15) is 69.8 Å². The molecule has 2 aromatic heterocycles. The molecule has 0 unspecified atom stereocenters. The summed E-state index contributed by atoms with van der Waals surface area (Å²) in [6.07, 6.45) is 5.38. The summed E-state index contributed by atoms with van der Waals surface area (Å²) in [5.74, 6) is 0.490. The minimum atomic E-state index is -3.38. The predicted octanol–water partition coefficient (Wildman–Crippen LogP) is 3.02. The van der Waals surface area contributed by atoms with Gasteiger partial charge in [0.25, 0.3) is 5.91 Å². The summed E-state index contributed by atoms with van der Waals surface area (Å²) in [5, 5.41) is 13.1. The first-order valence-corrected chi connectivity index (χ1v) is 15.5. The third-order valence-electron chi connectivity index (χ3n) is 7.26. The molecule has 0 radical (unpaired) electrons. The van der Waals surface area contributed by atoms with Gasteiger partial charge in [0, 0.05) is 18.2 Å². The Morgan fingerprint density at radius 3 is 2.57 bits per heavy atom. The van der Waals surface area contributed by atoms with E-state index < -0.39 is 15.7 Å². The van der Waals surface area contributed by atoms with Crippen LogP contribution in [0.15, 0.2) is 57.4 Å². The van der Waals surface area contributed by atoms with Gasteiger partial charge in [0.1, 0.15) is 12.0 Å². The van der Waals surface area contributed by atoms with Crippen LogP contribution in [0.3, 0.4) is 0 Å². The Kier molecular flexibility index (Phi) is 9.52. The van der Waals surface area contributed by atoms with Crippen molar-refractivity contribution in [1.82, 2.24) is 25.2 Å². The van der Waals surface area contributed by atoms with Crippen molar-refractivity contribution in [2.45, 2.75) is 70.4 Å². The second-order valence-electron chi connectivity index (χ2n) is 10.2. The van der Waals surface area contributed by atoms with Crippen LogP contribution < -0.4 is 10.1 Å². The van der Waals surface area contributed by atoms with Crippen molar-refractivity contribution in [3.63, 3.8) is 0 Å². The summed E-state index contributed by atoms with van der Waals surface area (Å²) in [4.78, 5) is 37.9. The van der Waals surface area contributed by atoms with E-state index in [9.17, 15) is 18.3 Å². The number of methoxy groups -OCH3 is 1. The number of hydrogen-bond acceptors (Lipinski definition) is 11. The predicted molar refractivity (Wildman–Crippen MR) is 160 cm³/mol. The first kappa shape index (κ1) is 31.0. The Hall–Kier alpha value is -3.97. The van der Waals surface area contributed by atoms with E-state index in [0.717, 1.165) is 18.5 Å². The Morgan fingerprint density at radius 2 is 2.00 bits per heavy atom. The Bertz CT molecular complexity index is 1560. The molecule has 1 aliphatic carbocycles. The molecule has 2 N–H and O–H groups in total. The lowest BCUT2D eigenvalue weighted by atomic mass is 10.1. The number of sulfone groups is 1. The average Bonchev–Trinajstić information content (AvgIpc) is 3.85. The standard InChI is InChI=1S/C29H37N7O5S/c1-7-18(4)36-27(34-19(5)23-25(20-9-10-20)32-16-33-28(23)41-6)24(17(3)15-37)35-26(29(36)38)31-13-21-11-12-22(14-30-21)42(39,40)8-2/h11-12,14,16,18,20,37H,5,7-10,13,15H2,1-4,6H3,(H,31,35)/b24-17-,34-27+/t18-/m1/s1. The number of nitrogens with zero attached hydrogens (tertiary/aromatic N) is 6. The second kappa shape index (κ2) is 12.9. The van der Waals surface area contributed by atoms with E-state index in [1.54, 1.807) is 24.8 Å². The van der Waals surface area contributed by atoms with Crippen molar-refractivity contribution < 1.29 is 23.1 Å². The Morgan fingerprint density at radius 1 is 1.26 bits per heavy atom. The molecule has 1 atom stereocenters. The maximum Gasteiger partial charge on any atom is 0.295 e. The molecule has 3 heterocycles. The van der Waals surface area contributed by atoms with E-state index in [4.69, 9.17) is 9.73 Å². The largest absolute Gasteiger partial charge is 0.480 e. The molecule has 1 aliphatic heterocycles. The molecular weight excluding hydrogens is 558 g/mol. The lowest BCUT2D eigenvalue weighted by molar-refractivity contribution is -0.122. The molecule has 13 heteroatoms. The van der Waals surface area contributed by atoms with E-state index in [0.29, 0.717) is 40.5 Å². The van der Waals surface area contributed by atoms with Gasteiger partial charge in [0.2, 0.25) is 5.88 Å². The Labute approximate surface area is 246 Å². The number of carbonyl (C=O) groups excluding carboxylic acids is 1. The van der Waals surface area contributed by atoms with Crippen LogP contribution in [0.2, 0.25) is 0 Å². The highest BCUT2D eigenvalue weighted by molar-refractivity contribution is 7.91. The molecule has 0 aromatic carbocycles. The molecule has 2 aromatic rings. The van der Waals surface area contributed by atoms with Crippen molar-refractivity contribution >= 4 is 33.1 Å². The minimum absolute atomic E-state index is 0.0232. The number of carbonyl (C=O) groups is 1. The number of aliphatic imine (C=N–C) groups is 2. The lowest BCUT2D eigenvalue weighted by Crippen LogP contribution is -2.53. The smallest absolute Gasteiger partial charge is 0.295 e. The number of ether oxygens (including phenoxy) is 1. The van der Waals surface area contributed by atoms with Gasteiger partial charge in [-0.3, -0.25) is 14.7 Å². The molecule has 1 saturated carbocycles. The summed E-state index contributed by atoms with van der Waals surface area (Å²) < 4.78 is 29.8. The number of pyridine rings is 1. The van der Waals surface area contributed by atoms with Gasteiger partial charge in [-0.05, 0) is 50.8 Å². The summed E-state index contributed by atoms with van der Waals surface area (Å²) >= 11 is 0. The van der Waals surface area contributed by atoms with Gasteiger partial charge in [-0.25, -0.2) is 28.4 Å². The SMILES string of the molecule is C=C(/N=C1\C(=C(/C)CO)N=C(NCc2ccc(S(=O)(=O)CC)cn2)C(=O)N1[C@H](C)CC)c1c(OC)ncnc1C1CC1. The molecule has 1 amide bonds. The minimum Gasteiger partial charge on any atom is -0.480 e. The molecule has 4 rings (SSSR count). The van der Waals surface area contributed by atoms with Crippen molar-refractivity contribution in [1.29, 1.82) is 0 Å². The number of aromatic nitrogens is 3. The number of amidine groups is 2. The van der Waals surface area contributed by atoms with Crippen LogP contribution in [0.25, 0.3) is 5.70 Å². The number of amides is 1. The second-order valence-corrected chi connectivity index (χ2v) is 12.5. The average molecular weight is 596 g/mol. The fourth-order valence-electron chi connectivity index (χ4n) is 4.41. The van der Waals surface area contributed by atoms with E-state index in [1.165, 1.54) is 25.7 Å². The van der Waals surface area contributed by atoms with Crippen LogP contribution in [0.4, 0.5) is 0 Å². The quantitative estimate of drug-likeness (QED) is 0.398. The molecule has 224 valence electrons. The highest BCUT2D eigenvalue weighted by Crippen LogP contribution is 2.44. The zero-order valence-corrected chi connectivity index (χ0v) is 25.4. The summed E-state index contributed by atoms with van der Waals surface area (Å²) in [5.41, 5.74) is 3.08. The van der Waals surface area contributed by atoms with Crippen LogP contribution in [0.5, 0.6) is 5.88 Å². The number of rotatable bonds is 11. The maximum absolute atomic E-state index is 13.9. The molecule has 0 bridgehead atoms. The van der Waals surface area contributed by atoms with Gasteiger partial charge >= 0.3 is 0 Å². The highest BCUT2D eigenvalue weighted by atomic mass is 32.2. The summed E-state index contributed by atoms with van der Waals surface area (Å²) in [7, 11) is -1.86. The molecule has 12 nitrogen and oxygen atoms in total. The van der Waals surface area contributed by atoms with E-state index in [-0.39, 0.29) is 47.4 Å². The van der Waals surface area contributed by atoms with Gasteiger partial charge in [-0.15, -0.1) is 0 Å². The zero-order chi connectivity index (χ0) is 30.6. The fourth-order valence-corrected chi connectivity index (χ4v) is 5.23. The molecule has 42 heavy (non-hydrogen) atoms. The van der Waals surface area contributed by atoms with Crippen LogP contribution in [-0.2, 0) is 21.2 Å². The van der Waals surface area contributed by atoms with Gasteiger partial charge in [0.05, 0.1) is 53.6 Å². The van der Waals surface area contributed by atoms with Gasteiger partial charge in [0.15, 0.2) is 21.5 Å². The number of hydrogen-bond donors (Lipinski definition) is 2. The first-order valence-electron chi connectivity index (χ1n) is 13.9. The van der Waals surface area contributed by atoms with Crippen molar-refractivity contribution in [3.05, 3.63) is 59.5 Å². The topological polar surface area (TPSA) is 159 Å². The van der Waals surface area contributed by atoms with Gasteiger partial charge in [-0.1, -0.05) is 20.4 Å². The van der Waals surface area contributed by atoms with Crippen molar-refractivity contribution in [2.75, 3.05) is 19.5 Å². The maximum atomic E-state index is 13.9. The number of aliphatic hydroxyl groups excluding tert-OH is 1. The van der Waals surface area contributed by atoms with Crippen molar-refractivity contribution in [2.24, 2.45) is 9.98 Å². The molecule has 1 fully saturated rings. The highest BCUT2D eigenvalue weighted by Gasteiger charge is 2.37. The van der Waals surface area contributed by atoms with Gasteiger partial charge in [-0.2, -0.15) is 0 Å². The van der Waals surface area contributed by atoms with Crippen LogP contribution >= 0.6 is 0 Å². The summed E-state index contributed by atoms with van der Waals surface area (Å²) in [6.45, 7) is 11.2. The molecule has 2 aliphatic rings.